The van der Waals surface area contributed by atoms with E-state index in [0.29, 0.717) is 32.0 Å². The molecule has 0 spiro atoms. The molecule has 2 heterocycles. The molecule has 2 aromatic rings. The van der Waals surface area contributed by atoms with Gasteiger partial charge in [0.05, 0.1) is 24.8 Å². The van der Waals surface area contributed by atoms with Crippen molar-refractivity contribution in [3.63, 3.8) is 0 Å². The van der Waals surface area contributed by atoms with Crippen molar-refractivity contribution in [3.8, 4) is 5.75 Å². The van der Waals surface area contributed by atoms with Crippen LogP contribution in [0.25, 0.3) is 0 Å². The van der Waals surface area contributed by atoms with Gasteiger partial charge in [-0.3, -0.25) is 9.59 Å². The van der Waals surface area contributed by atoms with Gasteiger partial charge in [-0.1, -0.05) is 24.3 Å². The van der Waals surface area contributed by atoms with Crippen LogP contribution in [0.2, 0.25) is 0 Å². The van der Waals surface area contributed by atoms with Crippen molar-refractivity contribution in [2.24, 2.45) is 5.92 Å². The van der Waals surface area contributed by atoms with E-state index in [-0.39, 0.29) is 24.2 Å². The Balaban J connectivity index is 1.75. The minimum Gasteiger partial charge on any atom is -0.492 e. The highest BCUT2D eigenvalue weighted by Gasteiger charge is 2.38. The fourth-order valence-electron chi connectivity index (χ4n) is 3.30. The molecule has 2 amide bonds. The predicted molar refractivity (Wildman–Crippen MR) is 108 cm³/mol. The highest BCUT2D eigenvalue weighted by atomic mass is 32.1. The quantitative estimate of drug-likeness (QED) is 0.652. The molecule has 0 aliphatic carbocycles. The second-order valence-electron chi connectivity index (χ2n) is 6.39. The van der Waals surface area contributed by atoms with Crippen LogP contribution in [-0.4, -0.2) is 36.4 Å². The normalized spacial score (nSPS) is 16.4. The van der Waals surface area contributed by atoms with E-state index in [9.17, 15) is 9.59 Å². The summed E-state index contributed by atoms with van der Waals surface area (Å²) in [5, 5.41) is 2.00. The van der Waals surface area contributed by atoms with Gasteiger partial charge in [-0.2, -0.15) is 0 Å². The number of benzene rings is 1. The molecular formula is C21H24N2O3S. The van der Waals surface area contributed by atoms with E-state index in [1.807, 2.05) is 48.7 Å². The van der Waals surface area contributed by atoms with Crippen LogP contribution in [0, 0.1) is 5.92 Å². The second-order valence-corrected chi connectivity index (χ2v) is 7.43. The molecule has 0 radical (unpaired) electrons. The molecule has 1 atom stereocenters. The third kappa shape index (κ3) is 4.39. The summed E-state index contributed by atoms with van der Waals surface area (Å²) in [6, 6.07) is 11.5. The van der Waals surface area contributed by atoms with Crippen LogP contribution in [0.15, 0.2) is 54.4 Å². The molecule has 27 heavy (non-hydrogen) atoms. The van der Waals surface area contributed by atoms with E-state index in [1.165, 1.54) is 0 Å². The van der Waals surface area contributed by atoms with Gasteiger partial charge in [0.1, 0.15) is 5.75 Å². The molecule has 142 valence electrons. The Morgan fingerprint density at radius 1 is 1.37 bits per heavy atom. The second kappa shape index (κ2) is 8.86. The van der Waals surface area contributed by atoms with Crippen LogP contribution in [0.1, 0.15) is 18.2 Å². The minimum atomic E-state index is -0.355. The van der Waals surface area contributed by atoms with Crippen LogP contribution in [0.3, 0.4) is 0 Å². The summed E-state index contributed by atoms with van der Waals surface area (Å²) in [6.45, 7) is 7.58. The standard InChI is InChI=1S/C21H24N2O3S/c1-3-11-22(15-17-8-7-12-27-17)21(25)16-13-20(24)23(14-16)18-9-5-6-10-19(18)26-4-2/h3,5-10,12,16H,1,4,11,13-15H2,2H3. The Bertz CT molecular complexity index is 804. The Morgan fingerprint density at radius 3 is 2.89 bits per heavy atom. The molecule has 1 unspecified atom stereocenters. The number of hydrogen-bond donors (Lipinski definition) is 0. The van der Waals surface area contributed by atoms with Crippen molar-refractivity contribution in [3.05, 3.63) is 59.3 Å². The molecule has 3 rings (SSSR count). The summed E-state index contributed by atoms with van der Waals surface area (Å²) in [6.07, 6.45) is 1.95. The summed E-state index contributed by atoms with van der Waals surface area (Å²) in [5.41, 5.74) is 0.730. The van der Waals surface area contributed by atoms with E-state index >= 15 is 0 Å². The first-order valence-corrected chi connectivity index (χ1v) is 9.96. The molecular weight excluding hydrogens is 360 g/mol. The average Bonchev–Trinajstić information content (AvgIpc) is 3.31. The Morgan fingerprint density at radius 2 is 2.19 bits per heavy atom. The zero-order valence-electron chi connectivity index (χ0n) is 15.5. The molecule has 1 fully saturated rings. The van der Waals surface area contributed by atoms with Crippen LogP contribution < -0.4 is 9.64 Å². The number of rotatable bonds is 8. The maximum atomic E-state index is 13.1. The van der Waals surface area contributed by atoms with Gasteiger partial charge >= 0.3 is 0 Å². The van der Waals surface area contributed by atoms with Crippen molar-refractivity contribution in [1.82, 2.24) is 4.90 Å². The molecule has 0 saturated carbocycles. The summed E-state index contributed by atoms with van der Waals surface area (Å²) in [5.74, 6) is 0.262. The van der Waals surface area contributed by atoms with Gasteiger partial charge < -0.3 is 14.5 Å². The van der Waals surface area contributed by atoms with E-state index in [1.54, 1.807) is 27.2 Å². The lowest BCUT2D eigenvalue weighted by atomic mass is 10.1. The molecule has 0 bridgehead atoms. The minimum absolute atomic E-state index is 0.00644. The summed E-state index contributed by atoms with van der Waals surface area (Å²) < 4.78 is 5.65. The smallest absolute Gasteiger partial charge is 0.228 e. The number of carbonyl (C=O) groups is 2. The predicted octanol–water partition coefficient (Wildman–Crippen LogP) is 3.71. The SMILES string of the molecule is C=CCN(Cc1cccs1)C(=O)C1CC(=O)N(c2ccccc2OCC)C1. The van der Waals surface area contributed by atoms with Gasteiger partial charge in [0.25, 0.3) is 0 Å². The van der Waals surface area contributed by atoms with E-state index in [0.717, 1.165) is 10.6 Å². The molecule has 6 heteroatoms. The van der Waals surface area contributed by atoms with Gasteiger partial charge in [0, 0.05) is 24.4 Å². The third-order valence-electron chi connectivity index (χ3n) is 4.52. The summed E-state index contributed by atoms with van der Waals surface area (Å²) in [4.78, 5) is 30.3. The molecule has 1 aliphatic heterocycles. The van der Waals surface area contributed by atoms with Crippen LogP contribution in [-0.2, 0) is 16.1 Å². The molecule has 1 saturated heterocycles. The Hall–Kier alpha value is -2.60. The van der Waals surface area contributed by atoms with Crippen molar-refractivity contribution >= 4 is 28.8 Å². The number of anilines is 1. The number of thiophene rings is 1. The maximum absolute atomic E-state index is 13.1. The van der Waals surface area contributed by atoms with E-state index < -0.39 is 0 Å². The number of amides is 2. The number of nitrogens with zero attached hydrogens (tertiary/aromatic N) is 2. The summed E-state index contributed by atoms with van der Waals surface area (Å²) in [7, 11) is 0. The van der Waals surface area contributed by atoms with Crippen molar-refractivity contribution in [1.29, 1.82) is 0 Å². The summed E-state index contributed by atoms with van der Waals surface area (Å²) >= 11 is 1.62. The highest BCUT2D eigenvalue weighted by molar-refractivity contribution is 7.09. The lowest BCUT2D eigenvalue weighted by Gasteiger charge is -2.24. The van der Waals surface area contributed by atoms with Crippen LogP contribution in [0.5, 0.6) is 5.75 Å². The average molecular weight is 385 g/mol. The first-order chi connectivity index (χ1) is 13.1. The number of para-hydroxylation sites is 2. The van der Waals surface area contributed by atoms with E-state index in [2.05, 4.69) is 6.58 Å². The maximum Gasteiger partial charge on any atom is 0.228 e. The first-order valence-electron chi connectivity index (χ1n) is 9.08. The van der Waals surface area contributed by atoms with Crippen molar-refractivity contribution in [2.75, 3.05) is 24.6 Å². The molecule has 5 nitrogen and oxygen atoms in total. The monoisotopic (exact) mass is 384 g/mol. The molecule has 0 N–H and O–H groups in total. The van der Waals surface area contributed by atoms with Crippen LogP contribution >= 0.6 is 11.3 Å². The lowest BCUT2D eigenvalue weighted by Crippen LogP contribution is -2.37. The zero-order valence-corrected chi connectivity index (χ0v) is 16.3. The lowest BCUT2D eigenvalue weighted by molar-refractivity contribution is -0.135. The molecule has 1 aromatic carbocycles. The third-order valence-corrected chi connectivity index (χ3v) is 5.38. The zero-order chi connectivity index (χ0) is 19.2. The highest BCUT2D eigenvalue weighted by Crippen LogP contribution is 2.33. The van der Waals surface area contributed by atoms with E-state index in [4.69, 9.17) is 4.74 Å². The van der Waals surface area contributed by atoms with Crippen molar-refractivity contribution < 1.29 is 14.3 Å². The fraction of sp³-hybridized carbons (Fsp3) is 0.333. The number of ether oxygens (including phenoxy) is 1. The number of carbonyl (C=O) groups excluding carboxylic acids is 2. The molecule has 1 aliphatic rings. The van der Waals surface area contributed by atoms with Gasteiger partial charge in [-0.05, 0) is 30.5 Å². The number of hydrogen-bond acceptors (Lipinski definition) is 4. The largest absolute Gasteiger partial charge is 0.492 e. The van der Waals surface area contributed by atoms with Crippen molar-refractivity contribution in [2.45, 2.75) is 19.9 Å². The topological polar surface area (TPSA) is 49.9 Å². The van der Waals surface area contributed by atoms with Gasteiger partial charge in [-0.25, -0.2) is 0 Å². The Kier molecular flexibility index (Phi) is 6.29. The molecule has 1 aromatic heterocycles. The van der Waals surface area contributed by atoms with Gasteiger partial charge in [-0.15, -0.1) is 17.9 Å². The first kappa shape index (κ1) is 19.2. The van der Waals surface area contributed by atoms with Gasteiger partial charge in [0.2, 0.25) is 11.8 Å². The van der Waals surface area contributed by atoms with Crippen LogP contribution in [0.4, 0.5) is 5.69 Å². The Labute approximate surface area is 163 Å². The van der Waals surface area contributed by atoms with Gasteiger partial charge in [0.15, 0.2) is 0 Å². The fourth-order valence-corrected chi connectivity index (χ4v) is 4.02.